The molecule has 0 spiro atoms. The molecule has 0 amide bonds. The van der Waals surface area contributed by atoms with Gasteiger partial charge in [0.25, 0.3) is 0 Å². The Kier molecular flexibility index (Phi) is 7.82. The average Bonchev–Trinajstić information content (AvgIpc) is 2.76. The highest BCUT2D eigenvalue weighted by Crippen LogP contribution is 2.25. The van der Waals surface area contributed by atoms with Crippen molar-refractivity contribution in [3.8, 4) is 11.1 Å². The quantitative estimate of drug-likeness (QED) is 0.243. The summed E-state index contributed by atoms with van der Waals surface area (Å²) in [6.45, 7) is 1.70. The minimum atomic E-state index is 0.800. The van der Waals surface area contributed by atoms with Crippen LogP contribution in [-0.2, 0) is 0 Å². The summed E-state index contributed by atoms with van der Waals surface area (Å²) >= 11 is 8.40. The van der Waals surface area contributed by atoms with Crippen LogP contribution in [0, 0.1) is 0 Å². The van der Waals surface area contributed by atoms with Gasteiger partial charge < -0.3 is 10.6 Å². The molecular weight excluding hydrogens is 384 g/mol. The zero-order valence-corrected chi connectivity index (χ0v) is 17.3. The summed E-state index contributed by atoms with van der Waals surface area (Å²) in [5.41, 5.74) is 6.14. The molecule has 2 N–H and O–H groups in total. The van der Waals surface area contributed by atoms with Crippen molar-refractivity contribution in [3.63, 3.8) is 0 Å². The van der Waals surface area contributed by atoms with Crippen LogP contribution in [-0.4, -0.2) is 24.6 Å². The van der Waals surface area contributed by atoms with Crippen molar-refractivity contribution in [1.82, 2.24) is 0 Å². The molecule has 144 valence electrons. The third-order valence-corrected chi connectivity index (χ3v) is 4.56. The molecular formula is C22H24N4S2. The molecule has 0 bridgehead atoms. The zero-order valence-electron chi connectivity index (χ0n) is 15.5. The summed E-state index contributed by atoms with van der Waals surface area (Å²) in [6, 6.07) is 24.4. The molecule has 0 radical (unpaired) electrons. The maximum atomic E-state index is 4.33. The van der Waals surface area contributed by atoms with Crippen LogP contribution >= 0.6 is 25.3 Å². The van der Waals surface area contributed by atoms with Gasteiger partial charge in [-0.05, 0) is 59.7 Å². The van der Waals surface area contributed by atoms with Crippen molar-refractivity contribution in [3.05, 3.63) is 72.8 Å². The van der Waals surface area contributed by atoms with Crippen molar-refractivity contribution in [2.45, 2.75) is 0 Å². The number of nitrogens with zero attached hydrogens (tertiary/aromatic N) is 2. The van der Waals surface area contributed by atoms with Crippen LogP contribution in [0.2, 0.25) is 0 Å². The van der Waals surface area contributed by atoms with E-state index >= 15 is 0 Å². The summed E-state index contributed by atoms with van der Waals surface area (Å²) < 4.78 is 0. The first kappa shape index (κ1) is 20.3. The first-order valence-electron chi connectivity index (χ1n) is 9.20. The molecule has 3 aromatic rings. The molecule has 3 rings (SSSR count). The zero-order chi connectivity index (χ0) is 19.6. The molecule has 4 nitrogen and oxygen atoms in total. The number of benzene rings is 3. The Morgan fingerprint density at radius 2 is 0.893 bits per heavy atom. The Hall–Kier alpha value is -2.44. The Balaban J connectivity index is 1.61. The fourth-order valence-electron chi connectivity index (χ4n) is 2.66. The minimum absolute atomic E-state index is 0.800. The fraction of sp³-hybridized carbons (Fsp3) is 0.182. The molecule has 0 aliphatic rings. The van der Waals surface area contributed by atoms with Crippen LogP contribution in [0.1, 0.15) is 0 Å². The monoisotopic (exact) mass is 408 g/mol. The molecule has 28 heavy (non-hydrogen) atoms. The van der Waals surface area contributed by atoms with Crippen molar-refractivity contribution in [2.75, 3.05) is 35.2 Å². The van der Waals surface area contributed by atoms with E-state index in [0.29, 0.717) is 0 Å². The van der Waals surface area contributed by atoms with Gasteiger partial charge in [0.2, 0.25) is 0 Å². The average molecular weight is 409 g/mol. The Morgan fingerprint density at radius 1 is 0.536 bits per heavy atom. The molecule has 0 aliphatic carbocycles. The number of hydrogen-bond donors (Lipinski definition) is 4. The van der Waals surface area contributed by atoms with Gasteiger partial charge in [-0.2, -0.15) is 35.5 Å². The van der Waals surface area contributed by atoms with E-state index in [0.717, 1.165) is 52.9 Å². The smallest absolute Gasteiger partial charge is 0.0858 e. The lowest BCUT2D eigenvalue weighted by Crippen LogP contribution is -2.01. The second kappa shape index (κ2) is 10.8. The molecule has 0 fully saturated rings. The number of thiol groups is 2. The third kappa shape index (κ3) is 6.04. The van der Waals surface area contributed by atoms with Crippen LogP contribution < -0.4 is 10.6 Å². The molecule has 6 heteroatoms. The van der Waals surface area contributed by atoms with Crippen molar-refractivity contribution in [1.29, 1.82) is 0 Å². The van der Waals surface area contributed by atoms with Crippen LogP contribution in [0.3, 0.4) is 0 Å². The molecule has 3 aromatic carbocycles. The van der Waals surface area contributed by atoms with Gasteiger partial charge in [-0.1, -0.05) is 24.3 Å². The Bertz CT molecular complexity index is 876. The van der Waals surface area contributed by atoms with Gasteiger partial charge in [-0.15, -0.1) is 0 Å². The van der Waals surface area contributed by atoms with Crippen LogP contribution in [0.4, 0.5) is 22.7 Å². The van der Waals surface area contributed by atoms with Crippen molar-refractivity contribution >= 4 is 48.0 Å². The van der Waals surface area contributed by atoms with Crippen molar-refractivity contribution < 1.29 is 0 Å². The summed E-state index contributed by atoms with van der Waals surface area (Å²) in [5, 5.41) is 15.2. The number of azo groups is 1. The third-order valence-electron chi connectivity index (χ3n) is 4.12. The molecule has 0 aliphatic heterocycles. The topological polar surface area (TPSA) is 48.8 Å². The van der Waals surface area contributed by atoms with Crippen LogP contribution in [0.25, 0.3) is 11.1 Å². The summed E-state index contributed by atoms with van der Waals surface area (Å²) in [5.74, 6) is 1.61. The van der Waals surface area contributed by atoms with E-state index in [4.69, 9.17) is 0 Å². The van der Waals surface area contributed by atoms with Gasteiger partial charge >= 0.3 is 0 Å². The van der Waals surface area contributed by atoms with E-state index in [1.54, 1.807) is 0 Å². The van der Waals surface area contributed by atoms with Crippen molar-refractivity contribution in [2.24, 2.45) is 10.2 Å². The SMILES string of the molecule is SCCNc1ccc(N=Nc2ccc(-c3ccc(NCCS)cc3)cc2)cc1. The fourth-order valence-corrected chi connectivity index (χ4v) is 2.89. The summed E-state index contributed by atoms with van der Waals surface area (Å²) in [4.78, 5) is 0. The standard InChI is InChI=1S/C22H24N4S2/c27-15-13-23-19-5-1-17(2-6-19)18-3-7-21(8-4-18)25-26-22-11-9-20(10-12-22)24-14-16-28/h1-12,23-24,27-28H,13-16H2. The van der Waals surface area contributed by atoms with Gasteiger partial charge in [0, 0.05) is 36.0 Å². The lowest BCUT2D eigenvalue weighted by molar-refractivity contribution is 1.21. The predicted molar refractivity (Wildman–Crippen MR) is 127 cm³/mol. The predicted octanol–water partition coefficient (Wildman–Crippen LogP) is 6.45. The molecule has 0 aromatic heterocycles. The Morgan fingerprint density at radius 3 is 1.32 bits per heavy atom. The number of hydrogen-bond acceptors (Lipinski definition) is 6. The number of anilines is 2. The lowest BCUT2D eigenvalue weighted by atomic mass is 10.1. The van der Waals surface area contributed by atoms with Gasteiger partial charge in [-0.25, -0.2) is 0 Å². The maximum Gasteiger partial charge on any atom is 0.0858 e. The van der Waals surface area contributed by atoms with Gasteiger partial charge in [0.05, 0.1) is 11.4 Å². The number of nitrogens with one attached hydrogen (secondary N) is 2. The summed E-state index contributed by atoms with van der Waals surface area (Å²) in [7, 11) is 0. The van der Waals surface area contributed by atoms with Gasteiger partial charge in [0.15, 0.2) is 0 Å². The normalized spacial score (nSPS) is 10.9. The van der Waals surface area contributed by atoms with Crippen LogP contribution in [0.15, 0.2) is 83.0 Å². The first-order chi connectivity index (χ1) is 13.8. The van der Waals surface area contributed by atoms with E-state index in [-0.39, 0.29) is 0 Å². The highest BCUT2D eigenvalue weighted by atomic mass is 32.1. The highest BCUT2D eigenvalue weighted by molar-refractivity contribution is 7.80. The molecule has 0 unspecified atom stereocenters. The summed E-state index contributed by atoms with van der Waals surface area (Å²) in [6.07, 6.45) is 0. The Labute approximate surface area is 177 Å². The maximum absolute atomic E-state index is 4.33. The van der Waals surface area contributed by atoms with E-state index < -0.39 is 0 Å². The van der Waals surface area contributed by atoms with E-state index in [9.17, 15) is 0 Å². The van der Waals surface area contributed by atoms with Gasteiger partial charge in [-0.3, -0.25) is 0 Å². The molecule has 0 saturated heterocycles. The lowest BCUT2D eigenvalue weighted by Gasteiger charge is -2.06. The second-order valence-electron chi connectivity index (χ2n) is 6.17. The van der Waals surface area contributed by atoms with Gasteiger partial charge in [0.1, 0.15) is 0 Å². The minimum Gasteiger partial charge on any atom is -0.384 e. The largest absolute Gasteiger partial charge is 0.384 e. The second-order valence-corrected chi connectivity index (χ2v) is 7.07. The molecule has 0 saturated carbocycles. The highest BCUT2D eigenvalue weighted by Gasteiger charge is 1.99. The van der Waals surface area contributed by atoms with Crippen LogP contribution in [0.5, 0.6) is 0 Å². The van der Waals surface area contributed by atoms with E-state index in [1.165, 1.54) is 5.56 Å². The molecule has 0 atom stereocenters. The number of rotatable bonds is 9. The van der Waals surface area contributed by atoms with E-state index in [2.05, 4.69) is 82.5 Å². The van der Waals surface area contributed by atoms with E-state index in [1.807, 2.05) is 36.4 Å². The first-order valence-corrected chi connectivity index (χ1v) is 10.5. The molecule has 0 heterocycles.